The number of rotatable bonds is 5. The van der Waals surface area contributed by atoms with E-state index in [1.165, 1.54) is 12.1 Å². The second-order valence-corrected chi connectivity index (χ2v) is 6.21. The summed E-state index contributed by atoms with van der Waals surface area (Å²) >= 11 is 0. The predicted octanol–water partition coefficient (Wildman–Crippen LogP) is 1.88. The first-order chi connectivity index (χ1) is 12.1. The molecule has 1 aliphatic heterocycles. The molecule has 0 saturated carbocycles. The maximum atomic E-state index is 13.2. The van der Waals surface area contributed by atoms with E-state index >= 15 is 0 Å². The minimum Gasteiger partial charge on any atom is -0.463 e. The van der Waals surface area contributed by atoms with Gasteiger partial charge in [-0.15, -0.1) is 0 Å². The van der Waals surface area contributed by atoms with Crippen LogP contribution in [0.25, 0.3) is 0 Å². The summed E-state index contributed by atoms with van der Waals surface area (Å²) < 4.78 is 20.5. The lowest BCUT2D eigenvalue weighted by molar-refractivity contribution is -0.162. The Morgan fingerprint density at radius 3 is 2.76 bits per heavy atom. The van der Waals surface area contributed by atoms with Crippen molar-refractivity contribution in [2.75, 3.05) is 19.7 Å². The molecule has 25 heavy (non-hydrogen) atoms. The number of imidazole rings is 1. The van der Waals surface area contributed by atoms with Crippen LogP contribution in [-0.2, 0) is 9.53 Å². The van der Waals surface area contributed by atoms with Crippen molar-refractivity contribution >= 4 is 5.97 Å². The minimum absolute atomic E-state index is 0.0165. The molecule has 0 amide bonds. The number of aromatic nitrogens is 2. The fraction of sp³-hybridized carbons (Fsp3) is 0.444. The molecule has 1 aliphatic rings. The van der Waals surface area contributed by atoms with Gasteiger partial charge in [-0.25, -0.2) is 14.2 Å². The van der Waals surface area contributed by atoms with E-state index in [0.717, 1.165) is 11.3 Å². The number of hydrogen-bond acceptors (Lipinski definition) is 5. The lowest BCUT2D eigenvalue weighted by Gasteiger charge is -2.40. The van der Waals surface area contributed by atoms with Gasteiger partial charge in [0.15, 0.2) is 6.04 Å². The lowest BCUT2D eigenvalue weighted by Crippen LogP contribution is -2.53. The number of esters is 1. The summed E-state index contributed by atoms with van der Waals surface area (Å²) in [6, 6.07) is 5.69. The Balaban J connectivity index is 1.96. The average molecular weight is 346 g/mol. The third-order valence-corrected chi connectivity index (χ3v) is 4.82. The molecule has 3 rings (SSSR count). The first-order valence-corrected chi connectivity index (χ1v) is 8.46. The maximum Gasteiger partial charge on any atom is 0.329 e. The van der Waals surface area contributed by atoms with Crippen molar-refractivity contribution < 1.29 is 13.9 Å². The van der Waals surface area contributed by atoms with E-state index in [4.69, 9.17) is 10.5 Å². The number of halogens is 1. The van der Waals surface area contributed by atoms with Crippen LogP contribution in [0.1, 0.15) is 37.2 Å². The van der Waals surface area contributed by atoms with Crippen LogP contribution in [0.15, 0.2) is 36.8 Å². The zero-order valence-corrected chi connectivity index (χ0v) is 14.4. The second kappa shape index (κ2) is 7.33. The summed E-state index contributed by atoms with van der Waals surface area (Å²) in [4.78, 5) is 18.8. The van der Waals surface area contributed by atoms with Crippen LogP contribution in [0.2, 0.25) is 0 Å². The van der Waals surface area contributed by atoms with Gasteiger partial charge in [0.2, 0.25) is 0 Å². The van der Waals surface area contributed by atoms with Gasteiger partial charge in [0.05, 0.1) is 30.3 Å². The lowest BCUT2D eigenvalue weighted by atomic mass is 10.0. The molecule has 3 atom stereocenters. The van der Waals surface area contributed by atoms with Crippen LogP contribution in [0.4, 0.5) is 4.39 Å². The molecule has 134 valence electrons. The number of hydrogen-bond donors (Lipinski definition) is 1. The number of benzene rings is 1. The Bertz CT molecular complexity index is 731. The highest BCUT2D eigenvalue weighted by Gasteiger charge is 2.39. The average Bonchev–Trinajstić information content (AvgIpc) is 3.10. The molecule has 2 N–H and O–H groups in total. The van der Waals surface area contributed by atoms with Gasteiger partial charge in [-0.1, -0.05) is 19.1 Å². The summed E-state index contributed by atoms with van der Waals surface area (Å²) in [5.74, 6) is -0.569. The zero-order valence-electron chi connectivity index (χ0n) is 14.4. The quantitative estimate of drug-likeness (QED) is 0.837. The Morgan fingerprint density at radius 1 is 1.40 bits per heavy atom. The van der Waals surface area contributed by atoms with Crippen molar-refractivity contribution in [2.45, 2.75) is 32.0 Å². The molecule has 1 saturated heterocycles. The summed E-state index contributed by atoms with van der Waals surface area (Å²) in [5.41, 5.74) is 7.53. The number of carbonyl (C=O) groups is 1. The van der Waals surface area contributed by atoms with Crippen molar-refractivity contribution in [3.05, 3.63) is 53.9 Å². The molecule has 0 radical (unpaired) electrons. The fourth-order valence-electron chi connectivity index (χ4n) is 3.39. The van der Waals surface area contributed by atoms with E-state index in [0.29, 0.717) is 19.7 Å². The van der Waals surface area contributed by atoms with Crippen LogP contribution in [0.5, 0.6) is 0 Å². The molecule has 1 aromatic carbocycles. The van der Waals surface area contributed by atoms with E-state index in [1.807, 2.05) is 18.4 Å². The number of likely N-dealkylation sites (N-methyl/N-ethyl adjacent to an activating group) is 1. The zero-order chi connectivity index (χ0) is 18.0. The SMILES string of the molecule is CCN1C(CN)COC(=O)C1c1cncn1[C@H](C)c1ccc(F)cc1. The topological polar surface area (TPSA) is 73.4 Å². The monoisotopic (exact) mass is 346 g/mol. The number of ether oxygens (including phenoxy) is 1. The number of cyclic esters (lactones) is 1. The van der Waals surface area contributed by atoms with Crippen molar-refractivity contribution in [1.82, 2.24) is 14.5 Å². The molecule has 2 heterocycles. The Labute approximate surface area is 146 Å². The molecule has 0 aliphatic carbocycles. The largest absolute Gasteiger partial charge is 0.463 e. The highest BCUT2D eigenvalue weighted by atomic mass is 19.1. The molecule has 1 aromatic heterocycles. The van der Waals surface area contributed by atoms with E-state index in [9.17, 15) is 9.18 Å². The van der Waals surface area contributed by atoms with Crippen LogP contribution < -0.4 is 5.73 Å². The van der Waals surface area contributed by atoms with Crippen molar-refractivity contribution in [2.24, 2.45) is 5.73 Å². The van der Waals surface area contributed by atoms with Crippen LogP contribution in [0, 0.1) is 5.82 Å². The van der Waals surface area contributed by atoms with Gasteiger partial charge in [0, 0.05) is 6.54 Å². The normalized spacial score (nSPS) is 22.6. The van der Waals surface area contributed by atoms with E-state index in [2.05, 4.69) is 9.88 Å². The van der Waals surface area contributed by atoms with Crippen LogP contribution >= 0.6 is 0 Å². The Kier molecular flexibility index (Phi) is 5.15. The van der Waals surface area contributed by atoms with Crippen molar-refractivity contribution in [3.63, 3.8) is 0 Å². The van der Waals surface area contributed by atoms with Crippen molar-refractivity contribution in [3.8, 4) is 0 Å². The molecule has 2 unspecified atom stereocenters. The third kappa shape index (κ3) is 3.29. The summed E-state index contributed by atoms with van der Waals surface area (Å²) in [7, 11) is 0. The van der Waals surface area contributed by atoms with Gasteiger partial charge in [-0.05, 0) is 31.2 Å². The predicted molar refractivity (Wildman–Crippen MR) is 91.4 cm³/mol. The van der Waals surface area contributed by atoms with Gasteiger partial charge in [-0.2, -0.15) is 0 Å². The highest BCUT2D eigenvalue weighted by molar-refractivity contribution is 5.78. The van der Waals surface area contributed by atoms with E-state index < -0.39 is 6.04 Å². The maximum absolute atomic E-state index is 13.2. The highest BCUT2D eigenvalue weighted by Crippen LogP contribution is 2.31. The standard InChI is InChI=1S/C18H23FN4O2/c1-3-22-15(8-20)10-25-18(24)17(22)16-9-21-11-23(16)12(2)13-4-6-14(19)7-5-13/h4-7,9,11-12,15,17H,3,8,10,20H2,1-2H3/t12-,15?,17?/m1/s1. The van der Waals surface area contributed by atoms with Gasteiger partial charge in [0.25, 0.3) is 0 Å². The van der Waals surface area contributed by atoms with Crippen LogP contribution in [-0.4, -0.2) is 46.2 Å². The third-order valence-electron chi connectivity index (χ3n) is 4.82. The number of morpholine rings is 1. The molecular weight excluding hydrogens is 323 g/mol. The van der Waals surface area contributed by atoms with Gasteiger partial charge >= 0.3 is 5.97 Å². The van der Waals surface area contributed by atoms with Gasteiger partial charge in [-0.3, -0.25) is 4.90 Å². The molecule has 0 bridgehead atoms. The number of nitrogens with two attached hydrogens (primary N) is 1. The molecule has 2 aromatic rings. The van der Waals surface area contributed by atoms with E-state index in [1.54, 1.807) is 24.7 Å². The van der Waals surface area contributed by atoms with Gasteiger partial charge in [0.1, 0.15) is 12.4 Å². The molecular formula is C18H23FN4O2. The second-order valence-electron chi connectivity index (χ2n) is 6.21. The van der Waals surface area contributed by atoms with Crippen molar-refractivity contribution in [1.29, 1.82) is 0 Å². The molecule has 6 nitrogen and oxygen atoms in total. The fourth-order valence-corrected chi connectivity index (χ4v) is 3.39. The Morgan fingerprint density at radius 2 is 2.12 bits per heavy atom. The molecule has 1 fully saturated rings. The first kappa shape index (κ1) is 17.6. The summed E-state index contributed by atoms with van der Waals surface area (Å²) in [5, 5.41) is 0. The molecule has 0 spiro atoms. The molecule has 7 heteroatoms. The number of nitrogens with zero attached hydrogens (tertiary/aromatic N) is 3. The Hall–Kier alpha value is -2.25. The van der Waals surface area contributed by atoms with Crippen LogP contribution in [0.3, 0.4) is 0 Å². The van der Waals surface area contributed by atoms with E-state index in [-0.39, 0.29) is 23.9 Å². The summed E-state index contributed by atoms with van der Waals surface area (Å²) in [6.45, 7) is 5.39. The summed E-state index contributed by atoms with van der Waals surface area (Å²) in [6.07, 6.45) is 3.38. The smallest absolute Gasteiger partial charge is 0.329 e. The first-order valence-electron chi connectivity index (χ1n) is 8.46. The number of carbonyl (C=O) groups excluding carboxylic acids is 1. The minimum atomic E-state index is -0.544. The van der Waals surface area contributed by atoms with Gasteiger partial charge < -0.3 is 15.0 Å².